The van der Waals surface area contributed by atoms with E-state index >= 15 is 0 Å². The van der Waals surface area contributed by atoms with E-state index in [9.17, 15) is 4.79 Å². The SMILES string of the molecule is COc1ccc(-c2cc(C(=O)O)on2)c(OC)c1SC. The van der Waals surface area contributed by atoms with E-state index in [-0.39, 0.29) is 5.76 Å². The Labute approximate surface area is 119 Å². The number of hydrogen-bond donors (Lipinski definition) is 1. The molecule has 0 aliphatic heterocycles. The van der Waals surface area contributed by atoms with E-state index in [2.05, 4.69) is 5.16 Å². The summed E-state index contributed by atoms with van der Waals surface area (Å²) < 4.78 is 15.4. The molecule has 0 radical (unpaired) electrons. The third-order valence-corrected chi connectivity index (χ3v) is 3.50. The molecule has 0 atom stereocenters. The summed E-state index contributed by atoms with van der Waals surface area (Å²) in [4.78, 5) is 11.6. The van der Waals surface area contributed by atoms with E-state index < -0.39 is 5.97 Å². The summed E-state index contributed by atoms with van der Waals surface area (Å²) in [7, 11) is 3.11. The first kappa shape index (κ1) is 14.3. The van der Waals surface area contributed by atoms with E-state index in [1.807, 2.05) is 6.26 Å². The maximum atomic E-state index is 10.8. The number of ether oxygens (including phenoxy) is 2. The Balaban J connectivity index is 2.58. The highest BCUT2D eigenvalue weighted by Gasteiger charge is 2.19. The van der Waals surface area contributed by atoms with Crippen LogP contribution in [0.4, 0.5) is 0 Å². The monoisotopic (exact) mass is 295 g/mol. The van der Waals surface area contributed by atoms with Gasteiger partial charge in [0.05, 0.1) is 19.1 Å². The number of carboxylic acids is 1. The van der Waals surface area contributed by atoms with Crippen LogP contribution in [0.1, 0.15) is 10.6 Å². The molecule has 1 heterocycles. The van der Waals surface area contributed by atoms with Crippen molar-refractivity contribution >= 4 is 17.7 Å². The van der Waals surface area contributed by atoms with Crippen molar-refractivity contribution in [3.8, 4) is 22.8 Å². The largest absolute Gasteiger partial charge is 0.495 e. The Kier molecular flexibility index (Phi) is 4.19. The topological polar surface area (TPSA) is 81.8 Å². The summed E-state index contributed by atoms with van der Waals surface area (Å²) in [6.07, 6.45) is 1.90. The van der Waals surface area contributed by atoms with Crippen molar-refractivity contribution in [2.24, 2.45) is 0 Å². The molecule has 7 heteroatoms. The van der Waals surface area contributed by atoms with Gasteiger partial charge >= 0.3 is 5.97 Å². The molecule has 0 aliphatic carbocycles. The van der Waals surface area contributed by atoms with Gasteiger partial charge in [-0.15, -0.1) is 11.8 Å². The second-order valence-corrected chi connectivity index (χ2v) is 4.58. The number of carbonyl (C=O) groups is 1. The zero-order valence-corrected chi connectivity index (χ0v) is 12.0. The van der Waals surface area contributed by atoms with Crippen molar-refractivity contribution in [1.29, 1.82) is 0 Å². The van der Waals surface area contributed by atoms with Crippen molar-refractivity contribution in [3.63, 3.8) is 0 Å². The van der Waals surface area contributed by atoms with E-state index in [0.29, 0.717) is 22.8 Å². The molecule has 1 aromatic heterocycles. The number of aromatic carboxylic acids is 1. The fraction of sp³-hybridized carbons (Fsp3) is 0.231. The summed E-state index contributed by atoms with van der Waals surface area (Å²) in [6, 6.07) is 4.89. The molecular weight excluding hydrogens is 282 g/mol. The zero-order chi connectivity index (χ0) is 14.7. The number of carboxylic acid groups (broad SMARTS) is 1. The van der Waals surface area contributed by atoms with Crippen molar-refractivity contribution in [1.82, 2.24) is 5.16 Å². The number of rotatable bonds is 5. The summed E-state index contributed by atoms with van der Waals surface area (Å²) in [5.41, 5.74) is 1.05. The predicted octanol–water partition coefficient (Wildman–Crippen LogP) is 2.78. The lowest BCUT2D eigenvalue weighted by Crippen LogP contribution is -1.95. The molecule has 2 aromatic rings. The Bertz CT molecular complexity index is 638. The molecule has 1 aromatic carbocycles. The summed E-state index contributed by atoms with van der Waals surface area (Å²) in [5.74, 6) is -0.132. The van der Waals surface area contributed by atoms with E-state index in [1.54, 1.807) is 19.2 Å². The summed E-state index contributed by atoms with van der Waals surface area (Å²) in [5, 5.41) is 12.6. The van der Waals surface area contributed by atoms with Gasteiger partial charge in [0.1, 0.15) is 17.2 Å². The van der Waals surface area contributed by atoms with E-state index in [1.165, 1.54) is 24.9 Å². The van der Waals surface area contributed by atoms with Gasteiger partial charge in [-0.3, -0.25) is 0 Å². The fourth-order valence-electron chi connectivity index (χ4n) is 1.81. The molecule has 0 spiro atoms. The standard InChI is InChI=1S/C13H13NO5S/c1-17-9-5-4-7(11(18-2)12(9)20-3)8-6-10(13(15)16)19-14-8/h4-6H,1-3H3,(H,15,16). The maximum Gasteiger partial charge on any atom is 0.374 e. The lowest BCUT2D eigenvalue weighted by Gasteiger charge is -2.13. The average Bonchev–Trinajstić information content (AvgIpc) is 2.95. The molecular formula is C13H13NO5S. The number of methoxy groups -OCH3 is 2. The molecule has 0 saturated heterocycles. The van der Waals surface area contributed by atoms with Crippen LogP contribution in [0.2, 0.25) is 0 Å². The second kappa shape index (κ2) is 5.87. The number of hydrogen-bond acceptors (Lipinski definition) is 6. The molecule has 0 unspecified atom stereocenters. The van der Waals surface area contributed by atoms with Crippen LogP contribution in [0.5, 0.6) is 11.5 Å². The zero-order valence-electron chi connectivity index (χ0n) is 11.2. The molecule has 0 saturated carbocycles. The van der Waals surface area contributed by atoms with Gasteiger partial charge in [-0.05, 0) is 18.4 Å². The quantitative estimate of drug-likeness (QED) is 0.849. The normalized spacial score (nSPS) is 10.3. The third-order valence-electron chi connectivity index (χ3n) is 2.70. The van der Waals surface area contributed by atoms with Gasteiger partial charge in [0.15, 0.2) is 0 Å². The number of benzene rings is 1. The van der Waals surface area contributed by atoms with Crippen LogP contribution < -0.4 is 9.47 Å². The lowest BCUT2D eigenvalue weighted by atomic mass is 10.1. The fourth-order valence-corrected chi connectivity index (χ4v) is 2.54. The van der Waals surface area contributed by atoms with Crippen LogP contribution in [0.15, 0.2) is 27.6 Å². The third kappa shape index (κ3) is 2.44. The van der Waals surface area contributed by atoms with Gasteiger partial charge in [0.25, 0.3) is 0 Å². The van der Waals surface area contributed by atoms with Crippen molar-refractivity contribution in [3.05, 3.63) is 24.0 Å². The summed E-state index contributed by atoms with van der Waals surface area (Å²) in [6.45, 7) is 0. The molecule has 106 valence electrons. The average molecular weight is 295 g/mol. The second-order valence-electron chi connectivity index (χ2n) is 3.76. The maximum absolute atomic E-state index is 10.8. The van der Waals surface area contributed by atoms with Crippen molar-refractivity contribution in [2.45, 2.75) is 4.90 Å². The Hall–Kier alpha value is -2.15. The van der Waals surface area contributed by atoms with Crippen molar-refractivity contribution in [2.75, 3.05) is 20.5 Å². The first-order chi connectivity index (χ1) is 9.62. The van der Waals surface area contributed by atoms with Crippen LogP contribution in [-0.2, 0) is 0 Å². The van der Waals surface area contributed by atoms with Gasteiger partial charge < -0.3 is 19.1 Å². The molecule has 6 nitrogen and oxygen atoms in total. The highest BCUT2D eigenvalue weighted by molar-refractivity contribution is 7.98. The minimum Gasteiger partial charge on any atom is -0.495 e. The van der Waals surface area contributed by atoms with Crippen LogP contribution in [0.3, 0.4) is 0 Å². The number of thioether (sulfide) groups is 1. The highest BCUT2D eigenvalue weighted by atomic mass is 32.2. The molecule has 2 rings (SSSR count). The minimum absolute atomic E-state index is 0.219. The van der Waals surface area contributed by atoms with Crippen LogP contribution in [0.25, 0.3) is 11.3 Å². The Morgan fingerprint density at radius 2 is 2.10 bits per heavy atom. The van der Waals surface area contributed by atoms with E-state index in [4.69, 9.17) is 19.1 Å². The molecule has 0 amide bonds. The predicted molar refractivity (Wildman–Crippen MR) is 73.8 cm³/mol. The molecule has 0 aliphatic rings. The van der Waals surface area contributed by atoms with Gasteiger partial charge in [-0.2, -0.15) is 0 Å². The summed E-state index contributed by atoms with van der Waals surface area (Å²) >= 11 is 1.47. The smallest absolute Gasteiger partial charge is 0.374 e. The van der Waals surface area contributed by atoms with Gasteiger partial charge in [0.2, 0.25) is 5.76 Å². The van der Waals surface area contributed by atoms with Crippen LogP contribution in [0, 0.1) is 0 Å². The van der Waals surface area contributed by atoms with Crippen molar-refractivity contribution < 1.29 is 23.9 Å². The van der Waals surface area contributed by atoms with Gasteiger partial charge in [-0.1, -0.05) is 5.16 Å². The van der Waals surface area contributed by atoms with Crippen LogP contribution in [-0.4, -0.2) is 36.7 Å². The first-order valence-electron chi connectivity index (χ1n) is 5.61. The minimum atomic E-state index is -1.17. The molecule has 0 fully saturated rings. The number of aromatic nitrogens is 1. The number of nitrogens with zero attached hydrogens (tertiary/aromatic N) is 1. The van der Waals surface area contributed by atoms with E-state index in [0.717, 1.165) is 4.90 Å². The van der Waals surface area contributed by atoms with Crippen LogP contribution >= 0.6 is 11.8 Å². The lowest BCUT2D eigenvalue weighted by molar-refractivity contribution is 0.0652. The molecule has 0 bridgehead atoms. The molecule has 20 heavy (non-hydrogen) atoms. The van der Waals surface area contributed by atoms with Gasteiger partial charge in [-0.25, -0.2) is 4.79 Å². The Morgan fingerprint density at radius 3 is 2.60 bits per heavy atom. The Morgan fingerprint density at radius 1 is 1.35 bits per heavy atom. The molecule has 1 N–H and O–H groups in total. The first-order valence-corrected chi connectivity index (χ1v) is 6.84. The van der Waals surface area contributed by atoms with Gasteiger partial charge in [0, 0.05) is 11.6 Å². The highest BCUT2D eigenvalue weighted by Crippen LogP contribution is 2.43.